The van der Waals surface area contributed by atoms with Crippen LogP contribution in [0.3, 0.4) is 0 Å². The number of benzene rings is 27. The normalized spacial score (nSPS) is 11.4. The summed E-state index contributed by atoms with van der Waals surface area (Å²) in [6.45, 7) is 0. The first kappa shape index (κ1) is 85.2. The lowest BCUT2D eigenvalue weighted by atomic mass is 9.86. The van der Waals surface area contributed by atoms with Crippen LogP contribution in [0.25, 0.3) is 264 Å². The average molecular weight is 1800 g/mol. The fraction of sp³-hybridized carbons (Fsp3) is 0. The van der Waals surface area contributed by atoms with Crippen LogP contribution < -0.4 is 0 Å². The van der Waals surface area contributed by atoms with E-state index in [0.717, 1.165) is 0 Å². The van der Waals surface area contributed by atoms with E-state index in [4.69, 9.17) is 0 Å². The highest BCUT2D eigenvalue weighted by atomic mass is 14.3. The Hall–Kier alpha value is -18.5. The zero-order valence-electron chi connectivity index (χ0n) is 78.3. The molecule has 142 heavy (non-hydrogen) atoms. The Labute approximate surface area is 827 Å². The van der Waals surface area contributed by atoms with Gasteiger partial charge >= 0.3 is 0 Å². The summed E-state index contributed by atoms with van der Waals surface area (Å²) in [5, 5.41) is 25.9. The van der Waals surface area contributed by atoms with Crippen molar-refractivity contribution >= 4 is 108 Å². The van der Waals surface area contributed by atoms with Crippen molar-refractivity contribution in [1.29, 1.82) is 0 Å². The summed E-state index contributed by atoms with van der Waals surface area (Å²) < 4.78 is 0. The molecule has 0 N–H and O–H groups in total. The predicted octanol–water partition coefficient (Wildman–Crippen LogP) is 39.9. The van der Waals surface area contributed by atoms with E-state index in [1.165, 1.54) is 264 Å². The molecule has 27 rings (SSSR count). The van der Waals surface area contributed by atoms with Gasteiger partial charge in [0.05, 0.1) is 0 Å². The first-order valence-electron chi connectivity index (χ1n) is 49.1. The van der Waals surface area contributed by atoms with Crippen molar-refractivity contribution in [2.75, 3.05) is 0 Å². The van der Waals surface area contributed by atoms with Gasteiger partial charge in [0, 0.05) is 0 Å². The molecule has 0 amide bonds. The molecule has 0 radical (unpaired) electrons. The van der Waals surface area contributed by atoms with E-state index < -0.39 is 0 Å². The molecule has 0 aliphatic heterocycles. The fourth-order valence-electron chi connectivity index (χ4n) is 21.7. The maximum absolute atomic E-state index is 2.41. The molecule has 0 aliphatic carbocycles. The molecule has 0 bridgehead atoms. The Morgan fingerprint density at radius 2 is 0.232 bits per heavy atom. The zero-order chi connectivity index (χ0) is 94.2. The lowest BCUT2D eigenvalue weighted by Gasteiger charge is -2.17. The van der Waals surface area contributed by atoms with Gasteiger partial charge in [0.2, 0.25) is 0 Å². The van der Waals surface area contributed by atoms with Gasteiger partial charge in [0.25, 0.3) is 0 Å². The summed E-state index contributed by atoms with van der Waals surface area (Å²) in [7, 11) is 0. The highest BCUT2D eigenvalue weighted by molar-refractivity contribution is 6.32. The van der Waals surface area contributed by atoms with Crippen LogP contribution in [0, 0.1) is 0 Å². The molecule has 0 heteroatoms. The number of rotatable bonds is 14. The highest BCUT2D eigenvalue weighted by Gasteiger charge is 2.22. The third kappa shape index (κ3) is 16.5. The molecule has 27 aromatic carbocycles. The lowest BCUT2D eigenvalue weighted by molar-refractivity contribution is 1.56. The molecule has 0 fully saturated rings. The third-order valence-electron chi connectivity index (χ3n) is 28.7. The van der Waals surface area contributed by atoms with Gasteiger partial charge in [-0.1, -0.05) is 504 Å². The van der Waals surface area contributed by atoms with Gasteiger partial charge in [-0.15, -0.1) is 0 Å². The van der Waals surface area contributed by atoms with Crippen LogP contribution >= 0.6 is 0 Å². The smallest absolute Gasteiger partial charge is 0.00199 e. The standard InChI is InChI=1S/2C54H36.C34H22/c1-3-15-37(16-4-1)39-19-11-20-40(31-39)41-21-12-22-42(32-41)43-23-13-24-44(33-43)45-25-14-26-46(34-45)47-35-52(38-17-5-2-6-18-38)54-51-30-10-9-28-49(51)48-27-7-8-29-50(48)53(54)36-47;1-3-11-37(12-4-1)38-19-21-39(22-20-38)40-23-25-41(26-24-40)42-27-29-43(30-28-42)44-31-33-45(34-32-44)47-35-52(46-13-5-2-6-14-46)54-51-18-10-9-16-49(51)48-15-7-8-17-50(48)53(54)36-47;1-2-11-24(12-3-1)32-21-27(26-19-18-23-10-4-5-13-25(23)20-26)22-33-30-16-7-6-14-28(30)29-15-8-9-17-31(29)34(32)33/h2*1-36H;1-22H. The summed E-state index contributed by atoms with van der Waals surface area (Å²) in [4.78, 5) is 0. The molecule has 27 aromatic rings. The third-order valence-corrected chi connectivity index (χ3v) is 28.7. The summed E-state index contributed by atoms with van der Waals surface area (Å²) in [5.41, 5.74) is 34.3. The van der Waals surface area contributed by atoms with Crippen LogP contribution in [0.5, 0.6) is 0 Å². The summed E-state index contributed by atoms with van der Waals surface area (Å²) in [6, 6.07) is 208. The summed E-state index contributed by atoms with van der Waals surface area (Å²) in [5.74, 6) is 0. The van der Waals surface area contributed by atoms with E-state index in [1.807, 2.05) is 0 Å². The number of hydrogen-bond acceptors (Lipinski definition) is 0. The summed E-state index contributed by atoms with van der Waals surface area (Å²) in [6.07, 6.45) is 0. The molecule has 0 atom stereocenters. The second-order valence-corrected chi connectivity index (χ2v) is 37.1. The number of fused-ring (bicyclic) bond motifs is 19. The van der Waals surface area contributed by atoms with Crippen molar-refractivity contribution in [2.24, 2.45) is 0 Å². The van der Waals surface area contributed by atoms with E-state index >= 15 is 0 Å². The van der Waals surface area contributed by atoms with Gasteiger partial charge < -0.3 is 0 Å². The van der Waals surface area contributed by atoms with Gasteiger partial charge in [0.1, 0.15) is 0 Å². The molecule has 0 nitrogen and oxygen atoms in total. The van der Waals surface area contributed by atoms with Crippen molar-refractivity contribution in [3.8, 4) is 156 Å². The Balaban J connectivity index is 0.000000115. The van der Waals surface area contributed by atoms with Crippen molar-refractivity contribution < 1.29 is 0 Å². The van der Waals surface area contributed by atoms with E-state index in [9.17, 15) is 0 Å². The Kier molecular flexibility index (Phi) is 22.5. The van der Waals surface area contributed by atoms with E-state index in [1.54, 1.807) is 0 Å². The molecule has 0 aromatic heterocycles. The van der Waals surface area contributed by atoms with Gasteiger partial charge in [-0.2, -0.15) is 0 Å². The van der Waals surface area contributed by atoms with Crippen LogP contribution in [-0.4, -0.2) is 0 Å². The van der Waals surface area contributed by atoms with Crippen LogP contribution in [0.15, 0.2) is 570 Å². The van der Waals surface area contributed by atoms with Crippen LogP contribution in [0.2, 0.25) is 0 Å². The number of hydrogen-bond donors (Lipinski definition) is 0. The van der Waals surface area contributed by atoms with E-state index in [0.29, 0.717) is 0 Å². The van der Waals surface area contributed by atoms with E-state index in [2.05, 4.69) is 570 Å². The van der Waals surface area contributed by atoms with Gasteiger partial charge in [0.15, 0.2) is 0 Å². The molecule has 0 aliphatic rings. The average Bonchev–Trinajstić information content (AvgIpc) is 0.733. The molecule has 0 saturated heterocycles. The minimum atomic E-state index is 1.20. The van der Waals surface area contributed by atoms with Gasteiger partial charge in [-0.25, -0.2) is 0 Å². The fourth-order valence-corrected chi connectivity index (χ4v) is 21.7. The van der Waals surface area contributed by atoms with Crippen molar-refractivity contribution in [3.05, 3.63) is 570 Å². The molecular weight excluding hydrogens is 1710 g/mol. The topological polar surface area (TPSA) is 0 Å². The zero-order valence-corrected chi connectivity index (χ0v) is 78.3. The minimum absolute atomic E-state index is 1.20. The molecular formula is C142H94. The molecule has 662 valence electrons. The molecule has 0 unspecified atom stereocenters. The predicted molar refractivity (Wildman–Crippen MR) is 610 cm³/mol. The molecule has 0 saturated carbocycles. The maximum atomic E-state index is 2.41. The minimum Gasteiger partial charge on any atom is -0.0622 e. The second-order valence-electron chi connectivity index (χ2n) is 37.1. The van der Waals surface area contributed by atoms with Crippen molar-refractivity contribution in [1.82, 2.24) is 0 Å². The maximum Gasteiger partial charge on any atom is -0.00199 e. The van der Waals surface area contributed by atoms with Gasteiger partial charge in [-0.3, -0.25) is 0 Å². The van der Waals surface area contributed by atoms with Gasteiger partial charge in [-0.05, 0) is 330 Å². The Bertz CT molecular complexity index is 9440. The first-order valence-corrected chi connectivity index (χ1v) is 49.1. The monoisotopic (exact) mass is 1800 g/mol. The van der Waals surface area contributed by atoms with Crippen molar-refractivity contribution in [2.45, 2.75) is 0 Å². The van der Waals surface area contributed by atoms with Crippen LogP contribution in [-0.2, 0) is 0 Å². The molecule has 0 spiro atoms. The van der Waals surface area contributed by atoms with Crippen LogP contribution in [0.1, 0.15) is 0 Å². The van der Waals surface area contributed by atoms with Crippen LogP contribution in [0.4, 0.5) is 0 Å². The highest BCUT2D eigenvalue weighted by Crippen LogP contribution is 2.49. The Morgan fingerprint density at radius 1 is 0.0704 bits per heavy atom. The Morgan fingerprint density at radius 3 is 0.507 bits per heavy atom. The van der Waals surface area contributed by atoms with E-state index in [-0.39, 0.29) is 0 Å². The SMILES string of the molecule is c1ccc(-c2cc(-c3ccc4ccccc4c3)cc3c4ccccc4c4ccccc4c23)cc1.c1ccc(-c2ccc(-c3ccc(-c4ccc(-c5ccc(-c6cc(-c7ccccc7)c7c8ccccc8c8ccccc8c7c6)cc5)cc4)cc3)cc2)cc1.c1ccc(-c2cccc(-c3cccc(-c4cccc(-c5cccc(-c6cc(-c7ccccc7)c7c8ccccc8c8ccccc8c7c6)c5)c4)c3)c2)cc1. The summed E-state index contributed by atoms with van der Waals surface area (Å²) >= 11 is 0. The van der Waals surface area contributed by atoms with Crippen molar-refractivity contribution in [3.63, 3.8) is 0 Å². The quantitative estimate of drug-likeness (QED) is 0.0952. The molecule has 0 heterocycles. The second kappa shape index (κ2) is 37.6. The first-order chi connectivity index (χ1) is 70.4. The largest absolute Gasteiger partial charge is 0.0622 e. The lowest BCUT2D eigenvalue weighted by Crippen LogP contribution is -1.90.